The van der Waals surface area contributed by atoms with Crippen LogP contribution in [0.3, 0.4) is 0 Å². The first kappa shape index (κ1) is 20.8. The number of carbonyl (C=O) groups excluding carboxylic acids is 1. The van der Waals surface area contributed by atoms with E-state index in [1.54, 1.807) is 31.0 Å². The second kappa shape index (κ2) is 7.50. The summed E-state index contributed by atoms with van der Waals surface area (Å²) in [6.07, 6.45) is 0. The molecule has 0 saturated heterocycles. The van der Waals surface area contributed by atoms with Gasteiger partial charge in [-0.3, -0.25) is 9.59 Å². The van der Waals surface area contributed by atoms with E-state index in [0.29, 0.717) is 51.6 Å². The minimum Gasteiger partial charge on any atom is -0.350 e. The van der Waals surface area contributed by atoms with Crippen LogP contribution >= 0.6 is 9.24 Å². The van der Waals surface area contributed by atoms with E-state index < -0.39 is 11.9 Å². The van der Waals surface area contributed by atoms with Gasteiger partial charge in [0.25, 0.3) is 11.5 Å². The zero-order valence-electron chi connectivity index (χ0n) is 17.5. The highest BCUT2D eigenvalue weighted by Gasteiger charge is 2.31. The molecular formula is C23H21F2N4O2P. The molecule has 2 unspecified atom stereocenters. The van der Waals surface area contributed by atoms with Crippen molar-refractivity contribution < 1.29 is 13.6 Å². The van der Waals surface area contributed by atoms with Crippen LogP contribution in [0.5, 0.6) is 0 Å². The van der Waals surface area contributed by atoms with Crippen molar-refractivity contribution >= 4 is 42.1 Å². The number of aryl methyl sites for hydroxylation is 1. The first-order valence-electron chi connectivity index (χ1n) is 10.1. The lowest BCUT2D eigenvalue weighted by Crippen LogP contribution is -2.42. The third kappa shape index (κ3) is 3.22. The molecule has 164 valence electrons. The number of fused-ring (bicyclic) bond motifs is 4. The summed E-state index contributed by atoms with van der Waals surface area (Å²) in [6.45, 7) is 2.47. The van der Waals surface area contributed by atoms with Crippen molar-refractivity contribution in [1.29, 1.82) is 0 Å². The van der Waals surface area contributed by atoms with E-state index in [1.165, 1.54) is 18.2 Å². The molecular weight excluding hydrogens is 433 g/mol. The Hall–Kier alpha value is -3.09. The topological polar surface area (TPSA) is 81.0 Å². The number of carbonyl (C=O) groups is 1. The normalized spacial score (nSPS) is 15.8. The molecule has 9 heteroatoms. The van der Waals surface area contributed by atoms with Crippen molar-refractivity contribution in [3.63, 3.8) is 0 Å². The molecule has 4 aromatic rings. The summed E-state index contributed by atoms with van der Waals surface area (Å²) in [5, 5.41) is 5.26. The average molecular weight is 454 g/mol. The molecule has 0 spiro atoms. The van der Waals surface area contributed by atoms with Crippen molar-refractivity contribution in [2.75, 3.05) is 13.6 Å². The zero-order chi connectivity index (χ0) is 22.7. The highest BCUT2D eigenvalue weighted by Crippen LogP contribution is 2.33. The van der Waals surface area contributed by atoms with Gasteiger partial charge < -0.3 is 20.2 Å². The number of aromatic nitrogens is 2. The maximum atomic E-state index is 14.4. The molecule has 0 aliphatic carbocycles. The van der Waals surface area contributed by atoms with Crippen LogP contribution in [0.1, 0.15) is 33.4 Å². The number of halogens is 2. The maximum absolute atomic E-state index is 14.4. The van der Waals surface area contributed by atoms with Crippen molar-refractivity contribution in [2.24, 2.45) is 0 Å². The van der Waals surface area contributed by atoms with Gasteiger partial charge in [-0.25, -0.2) is 8.78 Å². The van der Waals surface area contributed by atoms with Crippen LogP contribution in [-0.4, -0.2) is 34.4 Å². The summed E-state index contributed by atoms with van der Waals surface area (Å²) in [7, 11) is 4.00. The lowest BCUT2D eigenvalue weighted by atomic mass is 9.93. The number of benzene rings is 2. The van der Waals surface area contributed by atoms with E-state index in [4.69, 9.17) is 0 Å². The second-order valence-electron chi connectivity index (χ2n) is 8.20. The Balaban J connectivity index is 1.61. The highest BCUT2D eigenvalue weighted by molar-refractivity contribution is 7.27. The van der Waals surface area contributed by atoms with E-state index in [1.807, 2.05) is 0 Å². The zero-order valence-corrected chi connectivity index (χ0v) is 18.6. The molecule has 6 nitrogen and oxygen atoms in total. The fraction of sp³-hybridized carbons (Fsp3) is 0.217. The van der Waals surface area contributed by atoms with Crippen molar-refractivity contribution in [3.8, 4) is 0 Å². The molecule has 32 heavy (non-hydrogen) atoms. The molecule has 1 amide bonds. The van der Waals surface area contributed by atoms with Crippen LogP contribution in [0.4, 0.5) is 8.78 Å². The van der Waals surface area contributed by atoms with Crippen LogP contribution in [-0.2, 0) is 6.54 Å². The van der Waals surface area contributed by atoms with Gasteiger partial charge in [0.05, 0.1) is 6.04 Å². The van der Waals surface area contributed by atoms with Crippen molar-refractivity contribution in [2.45, 2.75) is 19.5 Å². The summed E-state index contributed by atoms with van der Waals surface area (Å²) >= 11 is 0. The third-order valence-electron chi connectivity index (χ3n) is 6.15. The van der Waals surface area contributed by atoms with E-state index in [0.717, 1.165) is 10.9 Å². The van der Waals surface area contributed by atoms with Gasteiger partial charge in [0.15, 0.2) is 0 Å². The molecule has 2 aromatic heterocycles. The average Bonchev–Trinajstić information content (AvgIpc) is 3.16. The molecule has 0 fully saturated rings. The lowest BCUT2D eigenvalue weighted by Gasteiger charge is -2.34. The van der Waals surface area contributed by atoms with Gasteiger partial charge in [-0.2, -0.15) is 0 Å². The smallest absolute Gasteiger partial charge is 0.270 e. The molecule has 5 rings (SSSR count). The number of amides is 1. The molecule has 1 aliphatic heterocycles. The monoisotopic (exact) mass is 454 g/mol. The molecule has 3 heterocycles. The van der Waals surface area contributed by atoms with Gasteiger partial charge in [-0.1, -0.05) is 0 Å². The van der Waals surface area contributed by atoms with Gasteiger partial charge in [0, 0.05) is 53.0 Å². The Morgan fingerprint density at radius 2 is 1.88 bits per heavy atom. The highest BCUT2D eigenvalue weighted by atomic mass is 31.0. The molecule has 2 atom stereocenters. The van der Waals surface area contributed by atoms with Gasteiger partial charge in [0.1, 0.15) is 17.3 Å². The number of H-pyrrole nitrogens is 2. The Bertz CT molecular complexity index is 1440. The first-order chi connectivity index (χ1) is 15.2. The number of likely N-dealkylation sites (N-methyl/N-ethyl adjacent to an activating group) is 1. The van der Waals surface area contributed by atoms with Crippen LogP contribution in [0.15, 0.2) is 35.1 Å². The molecule has 0 bridgehead atoms. The largest absolute Gasteiger partial charge is 0.350 e. The molecule has 3 N–H and O–H groups in total. The summed E-state index contributed by atoms with van der Waals surface area (Å²) < 4.78 is 28.4. The first-order valence-corrected chi connectivity index (χ1v) is 10.7. The SMILES string of the molecule is Cc1cc2c(=O)[nH]c3c(c2cc1F)C(N(C)C(=O)c1cc2cc(P)c(F)cc2[nH]1)CNC3. The fourth-order valence-corrected chi connectivity index (χ4v) is 4.69. The third-order valence-corrected chi connectivity index (χ3v) is 6.59. The van der Waals surface area contributed by atoms with E-state index in [2.05, 4.69) is 24.5 Å². The quantitative estimate of drug-likeness (QED) is 0.408. The number of pyridine rings is 1. The summed E-state index contributed by atoms with van der Waals surface area (Å²) in [5.41, 5.74) is 2.30. The summed E-state index contributed by atoms with van der Waals surface area (Å²) in [4.78, 5) is 33.4. The Morgan fingerprint density at radius 1 is 1.09 bits per heavy atom. The van der Waals surface area contributed by atoms with E-state index in [-0.39, 0.29) is 17.3 Å². The maximum Gasteiger partial charge on any atom is 0.270 e. The Labute approximate surface area is 184 Å². The Morgan fingerprint density at radius 3 is 2.66 bits per heavy atom. The van der Waals surface area contributed by atoms with Crippen LogP contribution in [0.2, 0.25) is 0 Å². The van der Waals surface area contributed by atoms with E-state index in [9.17, 15) is 18.4 Å². The number of nitrogens with one attached hydrogen (secondary N) is 3. The van der Waals surface area contributed by atoms with Gasteiger partial charge in [0.2, 0.25) is 0 Å². The Kier molecular flexibility index (Phi) is 4.87. The predicted molar refractivity (Wildman–Crippen MR) is 123 cm³/mol. The lowest BCUT2D eigenvalue weighted by molar-refractivity contribution is 0.0718. The number of hydrogen-bond donors (Lipinski definition) is 3. The molecule has 0 radical (unpaired) electrons. The number of aromatic amines is 2. The number of nitrogens with zero attached hydrogens (tertiary/aromatic N) is 1. The minimum absolute atomic E-state index is 0.288. The summed E-state index contributed by atoms with van der Waals surface area (Å²) in [6, 6.07) is 7.18. The van der Waals surface area contributed by atoms with Crippen molar-refractivity contribution in [3.05, 3.63) is 74.8 Å². The fourth-order valence-electron chi connectivity index (χ4n) is 4.43. The van der Waals surface area contributed by atoms with Gasteiger partial charge in [-0.05, 0) is 48.2 Å². The molecule has 0 saturated carbocycles. The standard InChI is InChI=1S/C23H21F2N4O2P/c1-10-3-13-12(6-14(10)24)21-18(28-22(13)30)8-26-9-19(21)29(2)23(31)17-4-11-5-20(32)15(25)7-16(11)27-17/h3-7,19,26-27H,8-9,32H2,1-2H3,(H,28,30). The van der Waals surface area contributed by atoms with Crippen LogP contribution in [0, 0.1) is 18.6 Å². The van der Waals surface area contributed by atoms with Gasteiger partial charge >= 0.3 is 0 Å². The van der Waals surface area contributed by atoms with Crippen molar-refractivity contribution in [1.82, 2.24) is 20.2 Å². The van der Waals surface area contributed by atoms with Crippen LogP contribution in [0.25, 0.3) is 21.7 Å². The minimum atomic E-state index is -0.437. The second-order valence-corrected chi connectivity index (χ2v) is 8.82. The van der Waals surface area contributed by atoms with Crippen LogP contribution < -0.4 is 16.2 Å². The predicted octanol–water partition coefficient (Wildman–Crippen LogP) is 3.01. The summed E-state index contributed by atoms with van der Waals surface area (Å²) in [5.74, 6) is -1.07. The number of hydrogen-bond acceptors (Lipinski definition) is 3. The molecule has 1 aliphatic rings. The number of rotatable bonds is 2. The molecule has 2 aromatic carbocycles. The van der Waals surface area contributed by atoms with E-state index >= 15 is 0 Å². The van der Waals surface area contributed by atoms with Gasteiger partial charge in [-0.15, -0.1) is 9.24 Å².